The number of piperazine rings is 1. The molecule has 3 aromatic rings. The van der Waals surface area contributed by atoms with Gasteiger partial charge in [0.15, 0.2) is 17.8 Å². The molecule has 0 aliphatic carbocycles. The van der Waals surface area contributed by atoms with Crippen molar-refractivity contribution in [3.63, 3.8) is 0 Å². The van der Waals surface area contributed by atoms with Crippen LogP contribution in [0.5, 0.6) is 0 Å². The Labute approximate surface area is 193 Å². The Morgan fingerprint density at radius 2 is 1.45 bits per heavy atom. The van der Waals surface area contributed by atoms with Gasteiger partial charge < -0.3 is 14.2 Å². The van der Waals surface area contributed by atoms with E-state index in [2.05, 4.69) is 22.0 Å². The van der Waals surface area contributed by atoms with Gasteiger partial charge in [-0.15, -0.1) is 0 Å². The van der Waals surface area contributed by atoms with E-state index >= 15 is 0 Å². The fourth-order valence-corrected chi connectivity index (χ4v) is 4.65. The van der Waals surface area contributed by atoms with Gasteiger partial charge in [0.05, 0.1) is 5.56 Å². The molecule has 7 nitrogen and oxygen atoms in total. The number of carbonyl (C=O) groups excluding carboxylic acids is 2. The molecule has 2 saturated heterocycles. The van der Waals surface area contributed by atoms with Crippen molar-refractivity contribution in [2.75, 3.05) is 39.3 Å². The van der Waals surface area contributed by atoms with Gasteiger partial charge >= 0.3 is 0 Å². The predicted octanol–water partition coefficient (Wildman–Crippen LogP) is 3.54. The van der Waals surface area contributed by atoms with Gasteiger partial charge in [0.1, 0.15) is 0 Å². The number of likely N-dealkylation sites (tertiary alicyclic amines) is 1. The summed E-state index contributed by atoms with van der Waals surface area (Å²) in [6, 6.07) is 17.7. The molecule has 0 radical (unpaired) electrons. The Hall–Kier alpha value is -3.45. The summed E-state index contributed by atoms with van der Waals surface area (Å²) in [5.74, 6) is 0.198. The first kappa shape index (κ1) is 21.4. The molecule has 170 valence electrons. The number of aromatic nitrogens is 1. The lowest BCUT2D eigenvalue weighted by Gasteiger charge is -2.34. The molecule has 7 heteroatoms. The lowest BCUT2D eigenvalue weighted by molar-refractivity contribution is 0.0623. The number of amides is 2. The van der Waals surface area contributed by atoms with Crippen LogP contribution in [0.15, 0.2) is 65.4 Å². The average Bonchev–Trinajstić information content (AvgIpc) is 3.57. The molecule has 1 aromatic heterocycles. The maximum atomic E-state index is 13.3. The first-order valence-electron chi connectivity index (χ1n) is 11.6. The van der Waals surface area contributed by atoms with Gasteiger partial charge in [-0.2, -0.15) is 0 Å². The van der Waals surface area contributed by atoms with Gasteiger partial charge in [0.25, 0.3) is 11.8 Å². The smallest absolute Gasteiger partial charge is 0.276 e. The second-order valence-corrected chi connectivity index (χ2v) is 8.63. The van der Waals surface area contributed by atoms with Crippen LogP contribution in [0.2, 0.25) is 0 Å². The Kier molecular flexibility index (Phi) is 6.21. The molecule has 2 aliphatic heterocycles. The summed E-state index contributed by atoms with van der Waals surface area (Å²) in [5.41, 5.74) is 2.72. The highest BCUT2D eigenvalue weighted by atomic mass is 16.3. The first-order chi connectivity index (χ1) is 16.2. The highest BCUT2D eigenvalue weighted by molar-refractivity contribution is 6.04. The second-order valence-electron chi connectivity index (χ2n) is 8.63. The molecule has 5 rings (SSSR count). The monoisotopic (exact) mass is 444 g/mol. The fraction of sp³-hybridized carbons (Fsp3) is 0.346. The van der Waals surface area contributed by atoms with E-state index in [1.807, 2.05) is 46.2 Å². The van der Waals surface area contributed by atoms with E-state index in [0.29, 0.717) is 30.0 Å². The van der Waals surface area contributed by atoms with Crippen molar-refractivity contribution in [1.29, 1.82) is 0 Å². The summed E-state index contributed by atoms with van der Waals surface area (Å²) in [4.78, 5) is 36.7. The normalized spacial score (nSPS) is 16.8. The maximum absolute atomic E-state index is 13.3. The minimum Gasteiger partial charge on any atom is -0.443 e. The van der Waals surface area contributed by atoms with Crippen molar-refractivity contribution in [1.82, 2.24) is 19.7 Å². The molecular formula is C26H28N4O3. The molecule has 2 fully saturated rings. The Bertz CT molecular complexity index is 1110. The summed E-state index contributed by atoms with van der Waals surface area (Å²) in [6.45, 7) is 5.28. The van der Waals surface area contributed by atoms with E-state index in [4.69, 9.17) is 4.42 Å². The lowest BCUT2D eigenvalue weighted by Crippen LogP contribution is -2.48. The Balaban J connectivity index is 1.31. The summed E-state index contributed by atoms with van der Waals surface area (Å²) in [7, 11) is 0. The van der Waals surface area contributed by atoms with Crippen LogP contribution in [-0.2, 0) is 6.54 Å². The molecular weight excluding hydrogens is 416 g/mol. The highest BCUT2D eigenvalue weighted by Gasteiger charge is 2.30. The van der Waals surface area contributed by atoms with Crippen molar-refractivity contribution < 1.29 is 14.0 Å². The van der Waals surface area contributed by atoms with Crippen molar-refractivity contribution in [2.24, 2.45) is 0 Å². The second kappa shape index (κ2) is 9.58. The van der Waals surface area contributed by atoms with E-state index in [1.54, 1.807) is 6.07 Å². The average molecular weight is 445 g/mol. The van der Waals surface area contributed by atoms with Crippen molar-refractivity contribution in [3.05, 3.63) is 77.8 Å². The Morgan fingerprint density at radius 1 is 0.788 bits per heavy atom. The molecule has 0 bridgehead atoms. The molecule has 0 saturated carbocycles. The molecule has 33 heavy (non-hydrogen) atoms. The number of carbonyl (C=O) groups is 2. The van der Waals surface area contributed by atoms with Crippen LogP contribution in [0, 0.1) is 0 Å². The van der Waals surface area contributed by atoms with Gasteiger partial charge in [0.2, 0.25) is 0 Å². The zero-order valence-electron chi connectivity index (χ0n) is 18.7. The number of hydrogen-bond acceptors (Lipinski definition) is 5. The molecule has 3 heterocycles. The SMILES string of the molecule is O=C(c1ccccc1-c1ocnc1C(=O)N1CCN(Cc2ccccc2)CC1)N1CCCC1. The van der Waals surface area contributed by atoms with Gasteiger partial charge in [-0.3, -0.25) is 14.5 Å². The molecule has 0 unspecified atom stereocenters. The van der Waals surface area contributed by atoms with Crippen molar-refractivity contribution in [2.45, 2.75) is 19.4 Å². The van der Waals surface area contributed by atoms with E-state index in [1.165, 1.54) is 12.0 Å². The summed E-state index contributed by atoms with van der Waals surface area (Å²) >= 11 is 0. The third kappa shape index (κ3) is 4.54. The van der Waals surface area contributed by atoms with Crippen LogP contribution in [0.4, 0.5) is 0 Å². The van der Waals surface area contributed by atoms with E-state index in [0.717, 1.165) is 45.6 Å². The molecule has 0 spiro atoms. The zero-order chi connectivity index (χ0) is 22.6. The summed E-state index contributed by atoms with van der Waals surface area (Å²) in [6.07, 6.45) is 3.34. The predicted molar refractivity (Wildman–Crippen MR) is 125 cm³/mol. The molecule has 2 amide bonds. The van der Waals surface area contributed by atoms with Gasteiger partial charge in [0, 0.05) is 51.4 Å². The number of benzene rings is 2. The summed E-state index contributed by atoms with van der Waals surface area (Å²) < 4.78 is 5.68. The third-order valence-electron chi connectivity index (χ3n) is 6.47. The van der Waals surface area contributed by atoms with Crippen molar-refractivity contribution >= 4 is 11.8 Å². The first-order valence-corrected chi connectivity index (χ1v) is 11.6. The Morgan fingerprint density at radius 3 is 2.21 bits per heavy atom. The van der Waals surface area contributed by atoms with Crippen LogP contribution in [0.25, 0.3) is 11.3 Å². The van der Waals surface area contributed by atoms with Crippen LogP contribution in [-0.4, -0.2) is 70.8 Å². The zero-order valence-corrected chi connectivity index (χ0v) is 18.7. The maximum Gasteiger partial charge on any atom is 0.276 e. The largest absolute Gasteiger partial charge is 0.443 e. The van der Waals surface area contributed by atoms with Crippen molar-refractivity contribution in [3.8, 4) is 11.3 Å². The van der Waals surface area contributed by atoms with E-state index in [-0.39, 0.29) is 17.5 Å². The molecule has 2 aliphatic rings. The van der Waals surface area contributed by atoms with Gasteiger partial charge in [-0.1, -0.05) is 48.5 Å². The standard InChI is InChI=1S/C26H28N4O3/c31-25(29-12-6-7-13-29)22-11-5-4-10-21(22)24-23(27-19-33-24)26(32)30-16-14-28(15-17-30)18-20-8-2-1-3-9-20/h1-5,8-11,19H,6-7,12-18H2. The van der Waals surface area contributed by atoms with Gasteiger partial charge in [-0.05, 0) is 24.5 Å². The third-order valence-corrected chi connectivity index (χ3v) is 6.47. The number of nitrogens with zero attached hydrogens (tertiary/aromatic N) is 4. The minimum absolute atomic E-state index is 0.0209. The number of rotatable bonds is 5. The van der Waals surface area contributed by atoms with E-state index < -0.39 is 0 Å². The lowest BCUT2D eigenvalue weighted by atomic mass is 10.0. The number of hydrogen-bond donors (Lipinski definition) is 0. The number of oxazole rings is 1. The quantitative estimate of drug-likeness (QED) is 0.602. The molecule has 0 atom stereocenters. The van der Waals surface area contributed by atoms with Crippen LogP contribution < -0.4 is 0 Å². The van der Waals surface area contributed by atoms with E-state index in [9.17, 15) is 9.59 Å². The molecule has 2 aromatic carbocycles. The van der Waals surface area contributed by atoms with Crippen LogP contribution in [0.3, 0.4) is 0 Å². The fourth-order valence-electron chi connectivity index (χ4n) is 4.65. The molecule has 0 N–H and O–H groups in total. The van der Waals surface area contributed by atoms with Crippen LogP contribution >= 0.6 is 0 Å². The topological polar surface area (TPSA) is 69.9 Å². The summed E-state index contributed by atoms with van der Waals surface area (Å²) in [5, 5.41) is 0. The minimum atomic E-state index is -0.151. The van der Waals surface area contributed by atoms with Gasteiger partial charge in [-0.25, -0.2) is 4.98 Å². The highest BCUT2D eigenvalue weighted by Crippen LogP contribution is 2.29. The van der Waals surface area contributed by atoms with Crippen LogP contribution in [0.1, 0.15) is 39.3 Å².